The molecule has 2 aromatic rings. The number of hydrogen-bond acceptors (Lipinski definition) is 9. The van der Waals surface area contributed by atoms with Crippen LogP contribution in [-0.4, -0.2) is 72.2 Å². The Morgan fingerprint density at radius 2 is 1.88 bits per heavy atom. The number of amides is 2. The van der Waals surface area contributed by atoms with Crippen molar-refractivity contribution < 1.29 is 23.8 Å². The quantitative estimate of drug-likeness (QED) is 0.329. The van der Waals surface area contributed by atoms with Gasteiger partial charge in [0.2, 0.25) is 5.95 Å². The second-order valence-corrected chi connectivity index (χ2v) is 6.54. The second kappa shape index (κ2) is 11.8. The van der Waals surface area contributed by atoms with Crippen LogP contribution in [-0.2, 0) is 20.9 Å². The van der Waals surface area contributed by atoms with Gasteiger partial charge in [-0.3, -0.25) is 20.3 Å². The minimum Gasteiger partial charge on any atom is -0.493 e. The van der Waals surface area contributed by atoms with Gasteiger partial charge in [0, 0.05) is 13.7 Å². The number of methoxy groups -OCH3 is 3. The lowest BCUT2D eigenvalue weighted by molar-refractivity contribution is -0.115. The maximum absolute atomic E-state index is 12.8. The Hall–Kier alpha value is -3.51. The van der Waals surface area contributed by atoms with E-state index in [4.69, 9.17) is 31.2 Å². The molecule has 2 rings (SSSR count). The number of halogens is 1. The second-order valence-electron chi connectivity index (χ2n) is 6.17. The van der Waals surface area contributed by atoms with Crippen LogP contribution in [0.4, 0.5) is 5.95 Å². The first-order chi connectivity index (χ1) is 15.4. The van der Waals surface area contributed by atoms with Crippen molar-refractivity contribution in [2.24, 2.45) is 0 Å². The first kappa shape index (κ1) is 24.8. The van der Waals surface area contributed by atoms with Crippen LogP contribution in [0.15, 0.2) is 23.2 Å². The molecule has 0 unspecified atom stereocenters. The van der Waals surface area contributed by atoms with Crippen LogP contribution in [0.2, 0.25) is 0 Å². The average Bonchev–Trinajstić information content (AvgIpc) is 3.23. The number of benzene rings is 1. The summed E-state index contributed by atoms with van der Waals surface area (Å²) in [7, 11) is 4.44. The maximum Gasteiger partial charge on any atom is 0.277 e. The molecule has 12 nitrogen and oxygen atoms in total. The summed E-state index contributed by atoms with van der Waals surface area (Å²) < 4.78 is 16.8. The smallest absolute Gasteiger partial charge is 0.277 e. The van der Waals surface area contributed by atoms with Crippen molar-refractivity contribution in [3.63, 3.8) is 0 Å². The van der Waals surface area contributed by atoms with Gasteiger partial charge in [-0.2, -0.15) is 0 Å². The summed E-state index contributed by atoms with van der Waals surface area (Å²) in [6.07, 6.45) is 0. The summed E-state index contributed by atoms with van der Waals surface area (Å²) >= 11 is 6.37. The zero-order valence-electron chi connectivity index (χ0n) is 18.1. The number of carbonyl (C=O) groups excluding carboxylic acids is 2. The Balaban J connectivity index is 2.41. The highest BCUT2D eigenvalue weighted by Gasteiger charge is 2.25. The predicted molar refractivity (Wildman–Crippen MR) is 117 cm³/mol. The summed E-state index contributed by atoms with van der Waals surface area (Å²) in [5, 5.41) is 23.9. The van der Waals surface area contributed by atoms with Gasteiger partial charge in [-0.15, -0.1) is 0 Å². The number of rotatable bonds is 11. The highest BCUT2D eigenvalue weighted by atomic mass is 35.5. The number of nitrogens with zero attached hydrogens (tertiary/aromatic N) is 4. The molecule has 0 spiro atoms. The molecule has 2 amide bonds. The molecule has 1 heterocycles. The van der Waals surface area contributed by atoms with E-state index in [-0.39, 0.29) is 23.1 Å². The molecule has 0 atom stereocenters. The monoisotopic (exact) mass is 465 g/mol. The zero-order valence-corrected chi connectivity index (χ0v) is 18.8. The summed E-state index contributed by atoms with van der Waals surface area (Å²) in [5.41, 5.74) is -0.390. The number of tetrazole rings is 1. The van der Waals surface area contributed by atoms with E-state index in [1.165, 1.54) is 32.1 Å². The Bertz CT molecular complexity index is 1020. The van der Waals surface area contributed by atoms with Crippen molar-refractivity contribution in [1.29, 1.82) is 5.41 Å². The van der Waals surface area contributed by atoms with Crippen LogP contribution in [0, 0.1) is 5.41 Å². The SMILES string of the molecule is CCNC(=O)/C(=C(/Cl)C(=N)C(=O)Nc1nnnn1CCOC)c1ccc(OC)c(OC)c1. The molecule has 0 aliphatic rings. The van der Waals surface area contributed by atoms with Gasteiger partial charge in [-0.25, -0.2) is 4.68 Å². The number of likely N-dealkylation sites (N-methyl/N-ethyl adjacent to an activating group) is 1. The first-order valence-electron chi connectivity index (χ1n) is 9.43. The highest BCUT2D eigenvalue weighted by Crippen LogP contribution is 2.32. The largest absolute Gasteiger partial charge is 0.493 e. The van der Waals surface area contributed by atoms with Crippen LogP contribution in [0.5, 0.6) is 11.5 Å². The molecule has 1 aromatic carbocycles. The van der Waals surface area contributed by atoms with E-state index in [2.05, 4.69) is 26.2 Å². The topological polar surface area (TPSA) is 153 Å². The molecular formula is C19H24ClN7O5. The Labute approximate surface area is 189 Å². The molecular weight excluding hydrogens is 442 g/mol. The third-order valence-corrected chi connectivity index (χ3v) is 4.55. The van der Waals surface area contributed by atoms with Crippen molar-refractivity contribution in [2.75, 3.05) is 39.8 Å². The average molecular weight is 466 g/mol. The van der Waals surface area contributed by atoms with E-state index < -0.39 is 17.5 Å². The minimum absolute atomic E-state index is 0.00643. The molecule has 13 heteroatoms. The van der Waals surface area contributed by atoms with E-state index in [0.717, 1.165) is 0 Å². The number of aromatic nitrogens is 4. The van der Waals surface area contributed by atoms with Gasteiger partial charge in [0.15, 0.2) is 11.5 Å². The van der Waals surface area contributed by atoms with Crippen LogP contribution >= 0.6 is 11.6 Å². The van der Waals surface area contributed by atoms with E-state index in [1.807, 2.05) is 0 Å². The third kappa shape index (κ3) is 5.80. The Morgan fingerprint density at radius 1 is 1.16 bits per heavy atom. The predicted octanol–water partition coefficient (Wildman–Crippen LogP) is 1.08. The van der Waals surface area contributed by atoms with E-state index >= 15 is 0 Å². The molecule has 0 radical (unpaired) electrons. The summed E-state index contributed by atoms with van der Waals surface area (Å²) in [4.78, 5) is 25.4. The van der Waals surface area contributed by atoms with E-state index in [9.17, 15) is 9.59 Å². The standard InChI is InChI=1S/C19H24ClN7O5/c1-5-22-17(28)14(11-6-7-12(31-3)13(10-11)32-4)15(20)16(21)18(29)23-19-24-25-26-27(19)8-9-30-2/h6-7,10,21H,5,8-9H2,1-4H3,(H,22,28)(H,23,24,26,29)/b15-14+,21-16?. The molecule has 0 aliphatic heterocycles. The van der Waals surface area contributed by atoms with Crippen LogP contribution in [0.25, 0.3) is 5.57 Å². The molecule has 0 aliphatic carbocycles. The van der Waals surface area contributed by atoms with Crippen LogP contribution < -0.4 is 20.1 Å². The fraction of sp³-hybridized carbons (Fsp3) is 0.368. The fourth-order valence-corrected chi connectivity index (χ4v) is 2.89. The molecule has 32 heavy (non-hydrogen) atoms. The van der Waals surface area contributed by atoms with Gasteiger partial charge in [-0.05, 0) is 35.0 Å². The van der Waals surface area contributed by atoms with Gasteiger partial charge in [0.05, 0.1) is 38.0 Å². The summed E-state index contributed by atoms with van der Waals surface area (Å²) in [5.74, 6) is -0.659. The zero-order chi connectivity index (χ0) is 23.7. The number of hydrogen-bond donors (Lipinski definition) is 3. The molecule has 172 valence electrons. The lowest BCUT2D eigenvalue weighted by Gasteiger charge is -2.14. The fourth-order valence-electron chi connectivity index (χ4n) is 2.61. The van der Waals surface area contributed by atoms with Crippen LogP contribution in [0.3, 0.4) is 0 Å². The molecule has 1 aromatic heterocycles. The molecule has 0 fully saturated rings. The first-order valence-corrected chi connectivity index (χ1v) is 9.81. The van der Waals surface area contributed by atoms with Crippen molar-refractivity contribution in [3.05, 3.63) is 28.8 Å². The van der Waals surface area contributed by atoms with Crippen LogP contribution in [0.1, 0.15) is 12.5 Å². The number of carbonyl (C=O) groups is 2. The van der Waals surface area contributed by atoms with E-state index in [0.29, 0.717) is 30.2 Å². The summed E-state index contributed by atoms with van der Waals surface area (Å²) in [6, 6.07) is 4.69. The minimum atomic E-state index is -0.897. The summed E-state index contributed by atoms with van der Waals surface area (Å²) in [6.45, 7) is 2.64. The number of ether oxygens (including phenoxy) is 3. The molecule has 0 saturated heterocycles. The van der Waals surface area contributed by atoms with Crippen molar-refractivity contribution in [2.45, 2.75) is 13.5 Å². The molecule has 3 N–H and O–H groups in total. The maximum atomic E-state index is 12.8. The molecule has 0 saturated carbocycles. The lowest BCUT2D eigenvalue weighted by atomic mass is 10.0. The highest BCUT2D eigenvalue weighted by molar-refractivity contribution is 6.64. The Morgan fingerprint density at radius 3 is 2.50 bits per heavy atom. The Kier molecular flexibility index (Phi) is 9.10. The number of nitrogens with one attached hydrogen (secondary N) is 3. The van der Waals surface area contributed by atoms with Gasteiger partial charge < -0.3 is 19.5 Å². The molecule has 0 bridgehead atoms. The number of anilines is 1. The van der Waals surface area contributed by atoms with Crippen molar-refractivity contribution in [1.82, 2.24) is 25.5 Å². The van der Waals surface area contributed by atoms with Gasteiger partial charge >= 0.3 is 0 Å². The third-order valence-electron chi connectivity index (χ3n) is 4.17. The van der Waals surface area contributed by atoms with Gasteiger partial charge in [0.25, 0.3) is 11.8 Å². The lowest BCUT2D eigenvalue weighted by Crippen LogP contribution is -2.29. The van der Waals surface area contributed by atoms with E-state index in [1.54, 1.807) is 19.1 Å². The normalized spacial score (nSPS) is 11.4. The van der Waals surface area contributed by atoms with Crippen molar-refractivity contribution >= 4 is 40.6 Å². The van der Waals surface area contributed by atoms with Gasteiger partial charge in [-0.1, -0.05) is 22.8 Å². The van der Waals surface area contributed by atoms with Gasteiger partial charge in [0.1, 0.15) is 5.71 Å². The van der Waals surface area contributed by atoms with Crippen molar-refractivity contribution in [3.8, 4) is 11.5 Å².